The van der Waals surface area contributed by atoms with E-state index in [1.165, 1.54) is 5.56 Å². The molecule has 0 aromatic heterocycles. The van der Waals surface area contributed by atoms with Gasteiger partial charge in [-0.2, -0.15) is 5.26 Å². The molecule has 15 heavy (non-hydrogen) atoms. The van der Waals surface area contributed by atoms with Crippen molar-refractivity contribution >= 4 is 5.78 Å². The van der Waals surface area contributed by atoms with Crippen LogP contribution in [0, 0.1) is 11.3 Å². The average Bonchev–Trinajstić information content (AvgIpc) is 2.25. The molecular weight excluding hydrogens is 186 g/mol. The number of nitriles is 1. The van der Waals surface area contributed by atoms with Gasteiger partial charge in [-0.1, -0.05) is 31.2 Å². The van der Waals surface area contributed by atoms with E-state index in [9.17, 15) is 4.79 Å². The highest BCUT2D eigenvalue weighted by molar-refractivity contribution is 5.90. The summed E-state index contributed by atoms with van der Waals surface area (Å²) in [5.74, 6) is 0.191. The fourth-order valence-electron chi connectivity index (χ4n) is 2.03. The Bertz CT molecular complexity index is 417. The predicted octanol–water partition coefficient (Wildman–Crippen LogP) is 2.37. The first-order chi connectivity index (χ1) is 7.20. The normalized spacial score (nSPS) is 18.0. The molecule has 1 saturated carbocycles. The summed E-state index contributed by atoms with van der Waals surface area (Å²) in [6.45, 7) is 2.10. The highest BCUT2D eigenvalue weighted by Gasteiger charge is 2.45. The number of rotatable bonds is 2. The van der Waals surface area contributed by atoms with Crippen molar-refractivity contribution in [1.82, 2.24) is 0 Å². The third-order valence-electron chi connectivity index (χ3n) is 3.13. The van der Waals surface area contributed by atoms with Crippen LogP contribution in [0.25, 0.3) is 0 Å². The van der Waals surface area contributed by atoms with Gasteiger partial charge in [0.15, 0.2) is 0 Å². The van der Waals surface area contributed by atoms with Gasteiger partial charge in [-0.3, -0.25) is 4.79 Å². The van der Waals surface area contributed by atoms with Crippen LogP contribution in [0.3, 0.4) is 0 Å². The number of nitrogens with zero attached hydrogens (tertiary/aromatic N) is 1. The second-order valence-corrected chi connectivity index (χ2v) is 4.14. The maximum Gasteiger partial charge on any atom is 0.136 e. The summed E-state index contributed by atoms with van der Waals surface area (Å²) in [5.41, 5.74) is 1.72. The van der Waals surface area contributed by atoms with Crippen LogP contribution in [0.4, 0.5) is 0 Å². The van der Waals surface area contributed by atoms with E-state index in [0.717, 1.165) is 12.0 Å². The van der Waals surface area contributed by atoms with E-state index in [1.54, 1.807) is 0 Å². The van der Waals surface area contributed by atoms with Crippen molar-refractivity contribution in [2.24, 2.45) is 0 Å². The molecule has 0 N–H and O–H groups in total. The van der Waals surface area contributed by atoms with Gasteiger partial charge in [0.2, 0.25) is 0 Å². The van der Waals surface area contributed by atoms with E-state index < -0.39 is 5.41 Å². The number of Topliss-reactive ketones (excluding diaryl/α,β-unsaturated/α-hetero) is 1. The molecule has 0 unspecified atom stereocenters. The summed E-state index contributed by atoms with van der Waals surface area (Å²) in [7, 11) is 0. The van der Waals surface area contributed by atoms with E-state index >= 15 is 0 Å². The first kappa shape index (κ1) is 9.92. The molecule has 2 heteroatoms. The van der Waals surface area contributed by atoms with Crippen LogP contribution >= 0.6 is 0 Å². The number of ketones is 1. The number of hydrogen-bond donors (Lipinski definition) is 0. The molecule has 0 spiro atoms. The van der Waals surface area contributed by atoms with Crippen molar-refractivity contribution in [1.29, 1.82) is 5.26 Å². The van der Waals surface area contributed by atoms with Gasteiger partial charge in [-0.15, -0.1) is 0 Å². The molecule has 0 atom stereocenters. The van der Waals surface area contributed by atoms with Crippen LogP contribution in [0.2, 0.25) is 0 Å². The lowest BCUT2D eigenvalue weighted by molar-refractivity contribution is -0.126. The second kappa shape index (κ2) is 3.51. The second-order valence-electron chi connectivity index (χ2n) is 4.14. The lowest BCUT2D eigenvalue weighted by atomic mass is 9.64. The molecule has 0 aliphatic heterocycles. The van der Waals surface area contributed by atoms with E-state index in [-0.39, 0.29) is 5.78 Å². The lowest BCUT2D eigenvalue weighted by Crippen LogP contribution is -2.40. The maximum absolute atomic E-state index is 11.0. The number of carbonyl (C=O) groups is 1. The van der Waals surface area contributed by atoms with Gasteiger partial charge in [0.05, 0.1) is 11.5 Å². The molecule has 1 fully saturated rings. The lowest BCUT2D eigenvalue weighted by Gasteiger charge is -2.34. The Morgan fingerprint density at radius 1 is 1.33 bits per heavy atom. The van der Waals surface area contributed by atoms with Crippen LogP contribution in [-0.2, 0) is 16.6 Å². The minimum atomic E-state index is -0.524. The largest absolute Gasteiger partial charge is 0.300 e. The molecule has 2 nitrogen and oxygen atoms in total. The van der Waals surface area contributed by atoms with E-state index in [1.807, 2.05) is 24.3 Å². The Balaban J connectivity index is 2.29. The zero-order valence-corrected chi connectivity index (χ0v) is 8.79. The van der Waals surface area contributed by atoms with Crippen molar-refractivity contribution in [3.63, 3.8) is 0 Å². The zero-order chi connectivity index (χ0) is 10.9. The highest BCUT2D eigenvalue weighted by atomic mass is 16.1. The third kappa shape index (κ3) is 1.55. The fourth-order valence-corrected chi connectivity index (χ4v) is 2.03. The predicted molar refractivity (Wildman–Crippen MR) is 57.4 cm³/mol. The summed E-state index contributed by atoms with van der Waals surface area (Å²) in [6, 6.07) is 10.3. The Morgan fingerprint density at radius 2 is 1.93 bits per heavy atom. The van der Waals surface area contributed by atoms with Gasteiger partial charge < -0.3 is 0 Å². The van der Waals surface area contributed by atoms with Gasteiger partial charge in [0.25, 0.3) is 0 Å². The van der Waals surface area contributed by atoms with Gasteiger partial charge >= 0.3 is 0 Å². The van der Waals surface area contributed by atoms with Gasteiger partial charge in [0.1, 0.15) is 5.78 Å². The number of carbonyl (C=O) groups excluding carboxylic acids is 1. The molecule has 76 valence electrons. The Labute approximate surface area is 89.5 Å². The molecule has 0 bridgehead atoms. The van der Waals surface area contributed by atoms with Crippen LogP contribution in [0.5, 0.6) is 0 Å². The minimum absolute atomic E-state index is 0.191. The van der Waals surface area contributed by atoms with E-state index in [2.05, 4.69) is 13.0 Å². The van der Waals surface area contributed by atoms with Crippen LogP contribution in [0.15, 0.2) is 24.3 Å². The molecule has 0 amide bonds. The Hall–Kier alpha value is -1.62. The average molecular weight is 199 g/mol. The first-order valence-electron chi connectivity index (χ1n) is 5.22. The van der Waals surface area contributed by atoms with E-state index in [0.29, 0.717) is 12.8 Å². The summed E-state index contributed by atoms with van der Waals surface area (Å²) in [4.78, 5) is 11.0. The summed E-state index contributed by atoms with van der Waals surface area (Å²) >= 11 is 0. The molecular formula is C13H13NO. The fraction of sp³-hybridized carbons (Fsp3) is 0.385. The van der Waals surface area contributed by atoms with Crippen LogP contribution < -0.4 is 0 Å². The molecule has 1 aromatic rings. The topological polar surface area (TPSA) is 40.9 Å². The third-order valence-corrected chi connectivity index (χ3v) is 3.13. The maximum atomic E-state index is 11.0. The molecule has 1 aliphatic carbocycles. The smallest absolute Gasteiger partial charge is 0.136 e. The number of aryl methyl sites for hydroxylation is 1. The Morgan fingerprint density at radius 3 is 2.33 bits per heavy atom. The molecule has 0 heterocycles. The molecule has 1 aliphatic rings. The van der Waals surface area contributed by atoms with Crippen molar-refractivity contribution < 1.29 is 4.79 Å². The molecule has 0 saturated heterocycles. The van der Waals surface area contributed by atoms with Crippen LogP contribution in [-0.4, -0.2) is 5.78 Å². The molecule has 0 radical (unpaired) electrons. The quantitative estimate of drug-likeness (QED) is 0.733. The van der Waals surface area contributed by atoms with Gasteiger partial charge in [-0.05, 0) is 17.5 Å². The SMILES string of the molecule is CCc1ccc(C2(C#N)CC(=O)C2)cc1. The van der Waals surface area contributed by atoms with Crippen LogP contribution in [0.1, 0.15) is 30.9 Å². The number of benzene rings is 1. The number of hydrogen-bond acceptors (Lipinski definition) is 2. The summed E-state index contributed by atoms with van der Waals surface area (Å²) in [5, 5.41) is 9.13. The monoisotopic (exact) mass is 199 g/mol. The zero-order valence-electron chi connectivity index (χ0n) is 8.79. The highest BCUT2D eigenvalue weighted by Crippen LogP contribution is 2.40. The van der Waals surface area contributed by atoms with Gasteiger partial charge in [-0.25, -0.2) is 0 Å². The molecule has 2 rings (SSSR count). The van der Waals surface area contributed by atoms with E-state index in [4.69, 9.17) is 5.26 Å². The van der Waals surface area contributed by atoms with Crippen molar-refractivity contribution in [2.45, 2.75) is 31.6 Å². The summed E-state index contributed by atoms with van der Waals surface area (Å²) in [6.07, 6.45) is 1.77. The summed E-state index contributed by atoms with van der Waals surface area (Å²) < 4.78 is 0. The standard InChI is InChI=1S/C13H13NO/c1-2-10-3-5-11(6-4-10)13(9-14)7-12(15)8-13/h3-6H,2,7-8H2,1H3. The van der Waals surface area contributed by atoms with Crippen molar-refractivity contribution in [3.8, 4) is 6.07 Å². The first-order valence-corrected chi connectivity index (χ1v) is 5.22. The minimum Gasteiger partial charge on any atom is -0.300 e. The Kier molecular flexibility index (Phi) is 2.32. The van der Waals surface area contributed by atoms with Gasteiger partial charge in [0, 0.05) is 12.8 Å². The van der Waals surface area contributed by atoms with Crippen molar-refractivity contribution in [2.75, 3.05) is 0 Å². The van der Waals surface area contributed by atoms with Crippen molar-refractivity contribution in [3.05, 3.63) is 35.4 Å². The molecule has 1 aromatic carbocycles.